The van der Waals surface area contributed by atoms with E-state index in [-0.39, 0.29) is 18.6 Å². The van der Waals surface area contributed by atoms with E-state index >= 15 is 0 Å². The van der Waals surface area contributed by atoms with Crippen LogP contribution in [0.2, 0.25) is 0 Å². The topological polar surface area (TPSA) is 70.6 Å². The highest BCUT2D eigenvalue weighted by atomic mass is 16.5. The van der Waals surface area contributed by atoms with Crippen LogP contribution in [0.3, 0.4) is 0 Å². The third kappa shape index (κ3) is 3.98. The summed E-state index contributed by atoms with van der Waals surface area (Å²) in [4.78, 5) is 11.5. The van der Waals surface area contributed by atoms with E-state index in [1.807, 2.05) is 20.8 Å². The monoisotopic (exact) mass is 230 g/mol. The van der Waals surface area contributed by atoms with Crippen molar-refractivity contribution in [1.82, 2.24) is 10.6 Å². The second-order valence-corrected chi connectivity index (χ2v) is 4.89. The molecule has 0 spiro atoms. The van der Waals surface area contributed by atoms with Gasteiger partial charge in [0.2, 0.25) is 0 Å². The van der Waals surface area contributed by atoms with Crippen molar-refractivity contribution in [3.05, 3.63) is 0 Å². The molecule has 0 aliphatic carbocycles. The van der Waals surface area contributed by atoms with Crippen LogP contribution < -0.4 is 10.6 Å². The number of amides is 2. The number of urea groups is 1. The molecule has 0 aromatic carbocycles. The summed E-state index contributed by atoms with van der Waals surface area (Å²) >= 11 is 0. The number of rotatable bonds is 4. The predicted octanol–water partition coefficient (Wildman–Crippen LogP) is 0.481. The molecule has 0 unspecified atom stereocenters. The maximum atomic E-state index is 11.5. The van der Waals surface area contributed by atoms with Gasteiger partial charge in [0.05, 0.1) is 13.2 Å². The zero-order valence-electron chi connectivity index (χ0n) is 10.2. The molecule has 5 heteroatoms. The van der Waals surface area contributed by atoms with Crippen LogP contribution >= 0.6 is 0 Å². The SMILES string of the molecule is CC(C)[C@H](C)NC(=O)NC[C@]1(O)CCOC1. The molecule has 0 aromatic rings. The Morgan fingerprint density at radius 1 is 1.50 bits per heavy atom. The summed E-state index contributed by atoms with van der Waals surface area (Å²) in [6.07, 6.45) is 0.576. The molecule has 1 aliphatic rings. The number of aliphatic hydroxyl groups is 1. The van der Waals surface area contributed by atoms with Gasteiger partial charge < -0.3 is 20.5 Å². The minimum absolute atomic E-state index is 0.120. The van der Waals surface area contributed by atoms with E-state index in [1.54, 1.807) is 0 Å². The Balaban J connectivity index is 2.24. The largest absolute Gasteiger partial charge is 0.386 e. The van der Waals surface area contributed by atoms with E-state index < -0.39 is 5.60 Å². The fourth-order valence-electron chi connectivity index (χ4n) is 1.41. The molecule has 2 amide bonds. The quantitative estimate of drug-likeness (QED) is 0.658. The van der Waals surface area contributed by atoms with Crippen LogP contribution in [-0.4, -0.2) is 42.5 Å². The molecule has 0 aromatic heterocycles. The summed E-state index contributed by atoms with van der Waals surface area (Å²) in [5, 5.41) is 15.4. The second kappa shape index (κ2) is 5.50. The Bertz CT molecular complexity index is 237. The van der Waals surface area contributed by atoms with Gasteiger partial charge in [0.1, 0.15) is 5.60 Å². The summed E-state index contributed by atoms with van der Waals surface area (Å²) in [7, 11) is 0. The molecule has 94 valence electrons. The maximum Gasteiger partial charge on any atom is 0.315 e. The molecule has 0 bridgehead atoms. The average Bonchev–Trinajstić information content (AvgIpc) is 2.63. The molecule has 1 rings (SSSR count). The van der Waals surface area contributed by atoms with Crippen LogP contribution in [0.1, 0.15) is 27.2 Å². The maximum absolute atomic E-state index is 11.5. The molecule has 1 saturated heterocycles. The van der Waals surface area contributed by atoms with Crippen molar-refractivity contribution in [3.8, 4) is 0 Å². The lowest BCUT2D eigenvalue weighted by Gasteiger charge is -2.23. The third-order valence-corrected chi connectivity index (χ3v) is 3.02. The Hall–Kier alpha value is -0.810. The summed E-state index contributed by atoms with van der Waals surface area (Å²) in [6, 6.07) is -0.115. The van der Waals surface area contributed by atoms with Gasteiger partial charge in [-0.1, -0.05) is 13.8 Å². The van der Waals surface area contributed by atoms with Crippen LogP contribution in [-0.2, 0) is 4.74 Å². The normalized spacial score (nSPS) is 26.8. The molecular formula is C11H22N2O3. The number of nitrogens with one attached hydrogen (secondary N) is 2. The number of carbonyl (C=O) groups is 1. The van der Waals surface area contributed by atoms with Crippen molar-refractivity contribution >= 4 is 6.03 Å². The van der Waals surface area contributed by atoms with Crippen molar-refractivity contribution < 1.29 is 14.6 Å². The van der Waals surface area contributed by atoms with Crippen molar-refractivity contribution in [2.24, 2.45) is 5.92 Å². The first-order chi connectivity index (χ1) is 7.43. The van der Waals surface area contributed by atoms with Gasteiger partial charge in [-0.3, -0.25) is 0 Å². The molecule has 1 heterocycles. The zero-order valence-corrected chi connectivity index (χ0v) is 10.2. The molecule has 0 radical (unpaired) electrons. The van der Waals surface area contributed by atoms with Gasteiger partial charge in [-0.2, -0.15) is 0 Å². The highest BCUT2D eigenvalue weighted by Gasteiger charge is 2.32. The van der Waals surface area contributed by atoms with Crippen LogP contribution in [0.15, 0.2) is 0 Å². The first-order valence-electron chi connectivity index (χ1n) is 5.77. The van der Waals surface area contributed by atoms with E-state index in [1.165, 1.54) is 0 Å². The molecule has 16 heavy (non-hydrogen) atoms. The van der Waals surface area contributed by atoms with E-state index in [4.69, 9.17) is 4.74 Å². The van der Waals surface area contributed by atoms with Crippen molar-refractivity contribution in [1.29, 1.82) is 0 Å². The summed E-state index contributed by atoms with van der Waals surface area (Å²) < 4.78 is 5.09. The Morgan fingerprint density at radius 2 is 2.19 bits per heavy atom. The van der Waals surface area contributed by atoms with Gasteiger partial charge in [-0.15, -0.1) is 0 Å². The first kappa shape index (κ1) is 13.3. The van der Waals surface area contributed by atoms with Crippen LogP contribution in [0, 0.1) is 5.92 Å². The van der Waals surface area contributed by atoms with Gasteiger partial charge in [0.15, 0.2) is 0 Å². The summed E-state index contributed by atoms with van der Waals surface area (Å²) in [5.74, 6) is 0.392. The smallest absolute Gasteiger partial charge is 0.315 e. The average molecular weight is 230 g/mol. The zero-order chi connectivity index (χ0) is 12.2. The van der Waals surface area contributed by atoms with Crippen molar-refractivity contribution in [2.75, 3.05) is 19.8 Å². The lowest BCUT2D eigenvalue weighted by atomic mass is 10.0. The number of hydrogen-bond donors (Lipinski definition) is 3. The molecule has 2 atom stereocenters. The van der Waals surface area contributed by atoms with E-state index in [0.29, 0.717) is 25.6 Å². The van der Waals surface area contributed by atoms with Crippen LogP contribution in [0.25, 0.3) is 0 Å². The van der Waals surface area contributed by atoms with Crippen molar-refractivity contribution in [2.45, 2.75) is 38.8 Å². The van der Waals surface area contributed by atoms with Crippen LogP contribution in [0.4, 0.5) is 4.79 Å². The van der Waals surface area contributed by atoms with E-state index in [0.717, 1.165) is 0 Å². The number of hydrogen-bond acceptors (Lipinski definition) is 3. The van der Waals surface area contributed by atoms with Crippen molar-refractivity contribution in [3.63, 3.8) is 0 Å². The van der Waals surface area contributed by atoms with Gasteiger partial charge in [-0.25, -0.2) is 4.79 Å². The number of carbonyl (C=O) groups excluding carboxylic acids is 1. The summed E-state index contributed by atoms with van der Waals surface area (Å²) in [5.41, 5.74) is -0.890. The van der Waals surface area contributed by atoms with E-state index in [9.17, 15) is 9.90 Å². The molecule has 0 saturated carbocycles. The van der Waals surface area contributed by atoms with Gasteiger partial charge in [-0.05, 0) is 12.8 Å². The Kier molecular flexibility index (Phi) is 4.56. The lowest BCUT2D eigenvalue weighted by Crippen LogP contribution is -2.49. The van der Waals surface area contributed by atoms with Gasteiger partial charge >= 0.3 is 6.03 Å². The summed E-state index contributed by atoms with van der Waals surface area (Å²) in [6.45, 7) is 7.14. The standard InChI is InChI=1S/C11H22N2O3/c1-8(2)9(3)13-10(14)12-6-11(15)4-5-16-7-11/h8-9,15H,4-7H2,1-3H3,(H2,12,13,14)/t9-,11+/m0/s1. The fraction of sp³-hybridized carbons (Fsp3) is 0.909. The number of ether oxygens (including phenoxy) is 1. The lowest BCUT2D eigenvalue weighted by molar-refractivity contribution is 0.0291. The highest BCUT2D eigenvalue weighted by Crippen LogP contribution is 2.16. The Morgan fingerprint density at radius 3 is 2.69 bits per heavy atom. The van der Waals surface area contributed by atoms with Gasteiger partial charge in [0, 0.05) is 19.1 Å². The predicted molar refractivity (Wildman–Crippen MR) is 61.2 cm³/mol. The second-order valence-electron chi connectivity index (χ2n) is 4.89. The third-order valence-electron chi connectivity index (χ3n) is 3.02. The van der Waals surface area contributed by atoms with E-state index in [2.05, 4.69) is 10.6 Å². The molecule has 1 aliphatic heterocycles. The van der Waals surface area contributed by atoms with Gasteiger partial charge in [0.25, 0.3) is 0 Å². The molecular weight excluding hydrogens is 208 g/mol. The Labute approximate surface area is 96.6 Å². The molecule has 5 nitrogen and oxygen atoms in total. The van der Waals surface area contributed by atoms with Crippen LogP contribution in [0.5, 0.6) is 0 Å². The minimum Gasteiger partial charge on any atom is -0.386 e. The molecule has 3 N–H and O–H groups in total. The highest BCUT2D eigenvalue weighted by molar-refractivity contribution is 5.74. The molecule has 1 fully saturated rings. The fourth-order valence-corrected chi connectivity index (χ4v) is 1.41. The first-order valence-corrected chi connectivity index (χ1v) is 5.77. The minimum atomic E-state index is -0.890.